The third-order valence-corrected chi connectivity index (χ3v) is 12.6. The summed E-state index contributed by atoms with van der Waals surface area (Å²) in [7, 11) is 0. The zero-order valence-electron chi connectivity index (χ0n) is 34.0. The summed E-state index contributed by atoms with van der Waals surface area (Å²) < 4.78 is 2.40. The fourth-order valence-corrected chi connectivity index (χ4v) is 9.70. The topological polar surface area (TPSA) is 8.17 Å². The van der Waals surface area contributed by atoms with Crippen LogP contribution in [0.4, 0.5) is 17.1 Å². The molecule has 0 spiro atoms. The second-order valence-electron chi connectivity index (χ2n) is 16.1. The van der Waals surface area contributed by atoms with Crippen LogP contribution in [0.15, 0.2) is 243 Å². The molecule has 0 unspecified atom stereocenters. The summed E-state index contributed by atoms with van der Waals surface area (Å²) in [6.45, 7) is 0. The smallest absolute Gasteiger partial charge is 0.0562 e. The molecule has 0 aliphatic carbocycles. The van der Waals surface area contributed by atoms with Crippen molar-refractivity contribution in [1.29, 1.82) is 0 Å². The number of para-hydroxylation sites is 2. The standard InChI is InChI=1S/C60H40N2/c1-2-18-47(19-3-1)62-57-27-9-8-23-56(57)60-58(28-13-29-59(60)62)61(49-20-10-17-46(40-49)53-25-12-26-54-52-22-7-5-15-44(52)36-39-55(53)54)48-37-34-42(35-38-48)41-30-32-45(33-31-41)51-24-11-16-43-14-4-6-21-50(43)51/h1-40H. The second-order valence-corrected chi connectivity index (χ2v) is 16.1. The van der Waals surface area contributed by atoms with Crippen molar-refractivity contribution in [3.63, 3.8) is 0 Å². The molecule has 0 saturated carbocycles. The summed E-state index contributed by atoms with van der Waals surface area (Å²) in [5, 5.41) is 9.99. The number of hydrogen-bond acceptors (Lipinski definition) is 1. The summed E-state index contributed by atoms with van der Waals surface area (Å²) >= 11 is 0. The Hall–Kier alpha value is -8.20. The third kappa shape index (κ3) is 5.96. The Kier molecular flexibility index (Phi) is 8.53. The maximum absolute atomic E-state index is 2.45. The van der Waals surface area contributed by atoms with Gasteiger partial charge in [0.05, 0.1) is 16.7 Å². The van der Waals surface area contributed by atoms with Crippen LogP contribution in [0, 0.1) is 0 Å². The highest BCUT2D eigenvalue weighted by Gasteiger charge is 2.22. The van der Waals surface area contributed by atoms with Crippen molar-refractivity contribution in [2.75, 3.05) is 4.90 Å². The van der Waals surface area contributed by atoms with E-state index in [1.165, 1.54) is 87.5 Å². The van der Waals surface area contributed by atoms with Crippen molar-refractivity contribution in [3.8, 4) is 39.1 Å². The molecule has 290 valence electrons. The van der Waals surface area contributed by atoms with Gasteiger partial charge in [0.15, 0.2) is 0 Å². The first-order valence-electron chi connectivity index (χ1n) is 21.3. The predicted molar refractivity (Wildman–Crippen MR) is 264 cm³/mol. The Morgan fingerprint density at radius 2 is 0.855 bits per heavy atom. The van der Waals surface area contributed by atoms with Gasteiger partial charge >= 0.3 is 0 Å². The molecular formula is C60H40N2. The fraction of sp³-hybridized carbons (Fsp3) is 0. The van der Waals surface area contributed by atoms with Crippen molar-refractivity contribution in [2.24, 2.45) is 0 Å². The molecule has 0 atom stereocenters. The summed E-state index contributed by atoms with van der Waals surface area (Å²) in [5.41, 5.74) is 14.0. The van der Waals surface area contributed by atoms with E-state index in [4.69, 9.17) is 0 Å². The summed E-state index contributed by atoms with van der Waals surface area (Å²) in [5.74, 6) is 0. The van der Waals surface area contributed by atoms with Crippen molar-refractivity contribution < 1.29 is 0 Å². The van der Waals surface area contributed by atoms with Gasteiger partial charge in [-0.3, -0.25) is 0 Å². The minimum absolute atomic E-state index is 1.09. The molecule has 0 aliphatic heterocycles. The van der Waals surface area contributed by atoms with Crippen molar-refractivity contribution in [3.05, 3.63) is 243 Å². The molecule has 1 aromatic heterocycles. The van der Waals surface area contributed by atoms with Crippen LogP contribution in [-0.4, -0.2) is 4.57 Å². The lowest BCUT2D eigenvalue weighted by Gasteiger charge is -2.27. The number of aromatic nitrogens is 1. The van der Waals surface area contributed by atoms with E-state index in [2.05, 4.69) is 252 Å². The predicted octanol–water partition coefficient (Wildman–Crippen LogP) is 16.7. The highest BCUT2D eigenvalue weighted by Crippen LogP contribution is 2.45. The van der Waals surface area contributed by atoms with Gasteiger partial charge in [-0.25, -0.2) is 0 Å². The van der Waals surface area contributed by atoms with Crippen LogP contribution in [0.3, 0.4) is 0 Å². The van der Waals surface area contributed by atoms with Crippen molar-refractivity contribution >= 4 is 71.2 Å². The van der Waals surface area contributed by atoms with E-state index in [1.807, 2.05) is 0 Å². The van der Waals surface area contributed by atoms with Gasteiger partial charge in [-0.05, 0) is 120 Å². The second kappa shape index (κ2) is 14.8. The Morgan fingerprint density at radius 3 is 1.66 bits per heavy atom. The zero-order valence-corrected chi connectivity index (χ0v) is 34.0. The van der Waals surface area contributed by atoms with Crippen LogP contribution in [0.5, 0.6) is 0 Å². The Balaban J connectivity index is 1.02. The average Bonchev–Trinajstić information content (AvgIpc) is 3.69. The van der Waals surface area contributed by atoms with Gasteiger partial charge in [0.25, 0.3) is 0 Å². The lowest BCUT2D eigenvalue weighted by atomic mass is 9.94. The van der Waals surface area contributed by atoms with E-state index in [0.717, 1.165) is 22.7 Å². The molecule has 0 saturated heterocycles. The van der Waals surface area contributed by atoms with Gasteiger partial charge in [0.1, 0.15) is 0 Å². The summed E-state index contributed by atoms with van der Waals surface area (Å²) in [6, 6.07) is 88.5. The molecule has 11 aromatic carbocycles. The zero-order chi connectivity index (χ0) is 41.0. The van der Waals surface area contributed by atoms with Crippen molar-refractivity contribution in [1.82, 2.24) is 4.57 Å². The Labute approximate surface area is 360 Å². The Morgan fingerprint density at radius 1 is 0.290 bits per heavy atom. The first-order chi connectivity index (χ1) is 30.8. The van der Waals surface area contributed by atoms with Crippen molar-refractivity contribution in [2.45, 2.75) is 0 Å². The molecule has 0 bridgehead atoms. The molecule has 0 fully saturated rings. The minimum atomic E-state index is 1.09. The van der Waals surface area contributed by atoms with Gasteiger partial charge in [0.2, 0.25) is 0 Å². The van der Waals surface area contributed by atoms with E-state index in [9.17, 15) is 0 Å². The molecule has 2 heteroatoms. The Bertz CT molecular complexity index is 3610. The van der Waals surface area contributed by atoms with E-state index < -0.39 is 0 Å². The van der Waals surface area contributed by atoms with Crippen LogP contribution in [0.1, 0.15) is 0 Å². The first-order valence-corrected chi connectivity index (χ1v) is 21.3. The van der Waals surface area contributed by atoms with Crippen LogP contribution >= 0.6 is 0 Å². The highest BCUT2D eigenvalue weighted by atomic mass is 15.1. The molecule has 2 nitrogen and oxygen atoms in total. The minimum Gasteiger partial charge on any atom is -0.310 e. The van der Waals surface area contributed by atoms with Crippen LogP contribution in [0.2, 0.25) is 0 Å². The number of nitrogens with zero attached hydrogens (tertiary/aromatic N) is 2. The number of hydrogen-bond donors (Lipinski definition) is 0. The normalized spacial score (nSPS) is 11.5. The number of fused-ring (bicyclic) bond motifs is 7. The van der Waals surface area contributed by atoms with Crippen LogP contribution in [0.25, 0.3) is 93.2 Å². The molecular weight excluding hydrogens is 749 g/mol. The lowest BCUT2D eigenvalue weighted by Crippen LogP contribution is -2.10. The molecule has 0 radical (unpaired) electrons. The quantitative estimate of drug-likeness (QED) is 0.146. The molecule has 0 amide bonds. The highest BCUT2D eigenvalue weighted by molar-refractivity contribution is 6.17. The number of anilines is 3. The van der Waals surface area contributed by atoms with Gasteiger partial charge in [-0.2, -0.15) is 0 Å². The van der Waals surface area contributed by atoms with E-state index in [1.54, 1.807) is 0 Å². The van der Waals surface area contributed by atoms with Gasteiger partial charge < -0.3 is 9.47 Å². The first kappa shape index (κ1) is 35.7. The van der Waals surface area contributed by atoms with E-state index in [-0.39, 0.29) is 0 Å². The molecule has 0 N–H and O–H groups in total. The molecule has 12 rings (SSSR count). The number of benzene rings is 11. The largest absolute Gasteiger partial charge is 0.310 e. The summed E-state index contributed by atoms with van der Waals surface area (Å²) in [4.78, 5) is 2.45. The fourth-order valence-electron chi connectivity index (χ4n) is 9.70. The van der Waals surface area contributed by atoms with Gasteiger partial charge in [-0.1, -0.05) is 188 Å². The summed E-state index contributed by atoms with van der Waals surface area (Å²) in [6.07, 6.45) is 0. The maximum atomic E-state index is 2.45. The van der Waals surface area contributed by atoms with Gasteiger partial charge in [-0.15, -0.1) is 0 Å². The molecule has 62 heavy (non-hydrogen) atoms. The molecule has 12 aromatic rings. The molecule has 1 heterocycles. The average molecular weight is 789 g/mol. The van der Waals surface area contributed by atoms with E-state index in [0.29, 0.717) is 0 Å². The molecule has 0 aliphatic rings. The third-order valence-electron chi connectivity index (χ3n) is 12.6. The van der Waals surface area contributed by atoms with Gasteiger partial charge in [0, 0.05) is 27.8 Å². The maximum Gasteiger partial charge on any atom is 0.0562 e. The number of rotatable bonds is 7. The van der Waals surface area contributed by atoms with Crippen LogP contribution in [-0.2, 0) is 0 Å². The monoisotopic (exact) mass is 788 g/mol. The SMILES string of the molecule is c1ccc(-n2c3ccccc3c3c(N(c4ccc(-c5ccc(-c6cccc7ccccc67)cc5)cc4)c4cccc(-c5cccc6c5ccc5ccccc56)c4)cccc32)cc1. The van der Waals surface area contributed by atoms with E-state index >= 15 is 0 Å². The lowest BCUT2D eigenvalue weighted by molar-refractivity contribution is 1.18. The van der Waals surface area contributed by atoms with Crippen LogP contribution < -0.4 is 4.90 Å².